The molecule has 2 aliphatic carbocycles. The summed E-state index contributed by atoms with van der Waals surface area (Å²) in [7, 11) is 0. The molecule has 2 aliphatic rings. The Balaban J connectivity index is 1.17. The van der Waals surface area contributed by atoms with Crippen LogP contribution in [0.1, 0.15) is 55.7 Å². The van der Waals surface area contributed by atoms with Gasteiger partial charge in [0.15, 0.2) is 5.82 Å². The smallest absolute Gasteiger partial charge is 0.407 e. The van der Waals surface area contributed by atoms with Gasteiger partial charge in [-0.1, -0.05) is 6.07 Å². The Bertz CT molecular complexity index is 812. The SMILES string of the molecule is O=C(CCc1cccnc1)Nc1cc(C2CC(OC(=O)NC3CCC3)C2)[nH]n1. The summed E-state index contributed by atoms with van der Waals surface area (Å²) in [5.74, 6) is 0.720. The second-order valence-electron chi connectivity index (χ2n) is 7.59. The highest BCUT2D eigenvalue weighted by Crippen LogP contribution is 2.38. The molecule has 0 saturated heterocycles. The maximum atomic E-state index is 12.1. The number of pyridine rings is 1. The molecule has 148 valence electrons. The van der Waals surface area contributed by atoms with Crippen molar-refractivity contribution < 1.29 is 14.3 Å². The largest absolute Gasteiger partial charge is 0.446 e. The average Bonchev–Trinajstić information content (AvgIpc) is 3.08. The molecule has 2 aromatic heterocycles. The van der Waals surface area contributed by atoms with Gasteiger partial charge in [-0.3, -0.25) is 14.9 Å². The monoisotopic (exact) mass is 383 g/mol. The molecule has 2 fully saturated rings. The number of H-pyrrole nitrogens is 1. The number of nitrogens with zero attached hydrogens (tertiary/aromatic N) is 2. The van der Waals surface area contributed by atoms with Gasteiger partial charge in [0.1, 0.15) is 6.10 Å². The zero-order valence-electron chi connectivity index (χ0n) is 15.7. The first kappa shape index (κ1) is 18.5. The minimum atomic E-state index is -0.306. The zero-order valence-corrected chi connectivity index (χ0v) is 15.7. The Morgan fingerprint density at radius 2 is 2.14 bits per heavy atom. The number of aryl methyl sites for hydroxylation is 1. The minimum Gasteiger partial charge on any atom is -0.446 e. The first-order chi connectivity index (χ1) is 13.7. The maximum absolute atomic E-state index is 12.1. The lowest BCUT2D eigenvalue weighted by molar-refractivity contribution is -0.116. The molecule has 2 saturated carbocycles. The molecule has 2 amide bonds. The summed E-state index contributed by atoms with van der Waals surface area (Å²) in [4.78, 5) is 27.9. The Hall–Kier alpha value is -2.90. The van der Waals surface area contributed by atoms with E-state index >= 15 is 0 Å². The van der Waals surface area contributed by atoms with Gasteiger partial charge in [-0.15, -0.1) is 0 Å². The van der Waals surface area contributed by atoms with Gasteiger partial charge in [0.2, 0.25) is 5.91 Å². The molecule has 28 heavy (non-hydrogen) atoms. The predicted octanol–water partition coefficient (Wildman–Crippen LogP) is 2.90. The van der Waals surface area contributed by atoms with Gasteiger partial charge >= 0.3 is 6.09 Å². The van der Waals surface area contributed by atoms with E-state index in [1.54, 1.807) is 12.4 Å². The molecule has 0 aliphatic heterocycles. The Morgan fingerprint density at radius 1 is 1.29 bits per heavy atom. The molecule has 0 aromatic carbocycles. The molecule has 4 rings (SSSR count). The van der Waals surface area contributed by atoms with E-state index in [1.165, 1.54) is 6.42 Å². The van der Waals surface area contributed by atoms with Crippen LogP contribution < -0.4 is 10.6 Å². The van der Waals surface area contributed by atoms with E-state index in [9.17, 15) is 9.59 Å². The van der Waals surface area contributed by atoms with Crippen LogP contribution in [-0.2, 0) is 16.0 Å². The summed E-state index contributed by atoms with van der Waals surface area (Å²) in [6, 6.07) is 5.96. The number of anilines is 1. The van der Waals surface area contributed by atoms with Gasteiger partial charge in [0.05, 0.1) is 0 Å². The van der Waals surface area contributed by atoms with E-state index in [0.717, 1.165) is 36.9 Å². The van der Waals surface area contributed by atoms with Gasteiger partial charge in [0.25, 0.3) is 0 Å². The fraction of sp³-hybridized carbons (Fsp3) is 0.500. The standard InChI is InChI=1S/C20H25N5O3/c26-19(7-6-13-3-2-8-21-12-13)23-18-11-17(24-25-18)14-9-16(10-14)28-20(27)22-15-4-1-5-15/h2-3,8,11-12,14-16H,1,4-7,9-10H2,(H,22,27)(H2,23,24,25,26). The fourth-order valence-electron chi connectivity index (χ4n) is 3.44. The highest BCUT2D eigenvalue weighted by molar-refractivity contribution is 5.89. The number of amides is 2. The van der Waals surface area contributed by atoms with Crippen LogP contribution in [0.15, 0.2) is 30.6 Å². The van der Waals surface area contributed by atoms with Crippen LogP contribution in [0.3, 0.4) is 0 Å². The van der Waals surface area contributed by atoms with Crippen LogP contribution in [0.2, 0.25) is 0 Å². The quantitative estimate of drug-likeness (QED) is 0.681. The van der Waals surface area contributed by atoms with Crippen molar-refractivity contribution in [2.75, 3.05) is 5.32 Å². The number of rotatable bonds is 7. The minimum absolute atomic E-state index is 0.0501. The lowest BCUT2D eigenvalue weighted by Crippen LogP contribution is -2.43. The van der Waals surface area contributed by atoms with Crippen LogP contribution in [0, 0.1) is 0 Å². The van der Waals surface area contributed by atoms with Crippen molar-refractivity contribution in [2.45, 2.75) is 63.0 Å². The van der Waals surface area contributed by atoms with E-state index < -0.39 is 0 Å². The van der Waals surface area contributed by atoms with E-state index in [0.29, 0.717) is 24.7 Å². The second kappa shape index (κ2) is 8.41. The Kier molecular flexibility index (Phi) is 5.55. The third-order valence-electron chi connectivity index (χ3n) is 5.46. The van der Waals surface area contributed by atoms with E-state index in [2.05, 4.69) is 25.8 Å². The highest BCUT2D eigenvalue weighted by atomic mass is 16.6. The van der Waals surface area contributed by atoms with Crippen LogP contribution in [0.4, 0.5) is 10.6 Å². The molecule has 0 bridgehead atoms. The van der Waals surface area contributed by atoms with E-state index in [-0.39, 0.29) is 24.0 Å². The average molecular weight is 383 g/mol. The number of ether oxygens (including phenoxy) is 1. The first-order valence-corrected chi connectivity index (χ1v) is 9.87. The summed E-state index contributed by atoms with van der Waals surface area (Å²) in [5.41, 5.74) is 1.99. The third kappa shape index (κ3) is 4.68. The molecule has 2 heterocycles. The van der Waals surface area contributed by atoms with Crippen LogP contribution in [0.25, 0.3) is 0 Å². The molecular formula is C20H25N5O3. The molecule has 0 radical (unpaired) electrons. The van der Waals surface area contributed by atoms with Crippen LogP contribution in [0.5, 0.6) is 0 Å². The summed E-state index contributed by atoms with van der Waals surface area (Å²) in [5, 5.41) is 12.9. The third-order valence-corrected chi connectivity index (χ3v) is 5.46. The summed E-state index contributed by atoms with van der Waals surface area (Å²) >= 11 is 0. The number of hydrogen-bond donors (Lipinski definition) is 3. The predicted molar refractivity (Wildman–Crippen MR) is 103 cm³/mol. The van der Waals surface area contributed by atoms with Crippen molar-refractivity contribution in [1.29, 1.82) is 0 Å². The second-order valence-corrected chi connectivity index (χ2v) is 7.59. The molecule has 8 nitrogen and oxygen atoms in total. The van der Waals surface area contributed by atoms with Crippen molar-refractivity contribution in [3.8, 4) is 0 Å². The maximum Gasteiger partial charge on any atom is 0.407 e. The summed E-state index contributed by atoms with van der Waals surface area (Å²) < 4.78 is 5.43. The molecule has 8 heteroatoms. The molecule has 2 aromatic rings. The Morgan fingerprint density at radius 3 is 2.86 bits per heavy atom. The Labute approximate surface area is 163 Å². The highest BCUT2D eigenvalue weighted by Gasteiger charge is 2.35. The van der Waals surface area contributed by atoms with Crippen molar-refractivity contribution in [3.63, 3.8) is 0 Å². The van der Waals surface area contributed by atoms with E-state index in [4.69, 9.17) is 4.74 Å². The number of hydrogen-bond acceptors (Lipinski definition) is 5. The summed E-state index contributed by atoms with van der Waals surface area (Å²) in [6.45, 7) is 0. The van der Waals surface area contributed by atoms with Crippen LogP contribution in [-0.4, -0.2) is 39.3 Å². The fourth-order valence-corrected chi connectivity index (χ4v) is 3.44. The number of nitrogens with one attached hydrogen (secondary N) is 3. The van der Waals surface area contributed by atoms with Gasteiger partial charge < -0.3 is 15.4 Å². The molecular weight excluding hydrogens is 358 g/mol. The normalized spacial score (nSPS) is 21.3. The van der Waals surface area contributed by atoms with Gasteiger partial charge in [-0.25, -0.2) is 4.79 Å². The van der Waals surface area contributed by atoms with Crippen molar-refractivity contribution in [1.82, 2.24) is 20.5 Å². The molecule has 0 spiro atoms. The number of alkyl carbamates (subject to hydrolysis) is 1. The van der Waals surface area contributed by atoms with Crippen molar-refractivity contribution in [2.24, 2.45) is 0 Å². The number of carbonyl (C=O) groups excluding carboxylic acids is 2. The summed E-state index contributed by atoms with van der Waals surface area (Å²) in [6.07, 6.45) is 8.96. The van der Waals surface area contributed by atoms with Gasteiger partial charge in [-0.05, 0) is 50.2 Å². The topological polar surface area (TPSA) is 109 Å². The molecule has 3 N–H and O–H groups in total. The van der Waals surface area contributed by atoms with Crippen molar-refractivity contribution in [3.05, 3.63) is 41.9 Å². The van der Waals surface area contributed by atoms with Gasteiger partial charge in [0, 0.05) is 42.5 Å². The molecule has 0 unspecified atom stereocenters. The lowest BCUT2D eigenvalue weighted by atomic mass is 9.80. The van der Waals surface area contributed by atoms with Gasteiger partial charge in [-0.2, -0.15) is 5.10 Å². The van der Waals surface area contributed by atoms with E-state index in [1.807, 2.05) is 18.2 Å². The zero-order chi connectivity index (χ0) is 19.3. The van der Waals surface area contributed by atoms with Crippen molar-refractivity contribution >= 4 is 17.8 Å². The number of aromatic amines is 1. The lowest BCUT2D eigenvalue weighted by Gasteiger charge is -2.35. The number of aromatic nitrogens is 3. The first-order valence-electron chi connectivity index (χ1n) is 9.87. The molecule has 0 atom stereocenters. The number of carbonyl (C=O) groups is 2. The van der Waals surface area contributed by atoms with Crippen LogP contribution >= 0.6 is 0 Å².